The number of carbonyl (C=O) groups excluding carboxylic acids is 1. The average molecular weight is 459 g/mol. The molecular weight excluding hydrogens is 440 g/mol. The highest BCUT2D eigenvalue weighted by molar-refractivity contribution is 6.34. The van der Waals surface area contributed by atoms with Crippen molar-refractivity contribution in [3.05, 3.63) is 76.7 Å². The average Bonchev–Trinajstić information content (AvgIpc) is 3.25. The molecule has 9 heteroatoms. The number of halogens is 1. The van der Waals surface area contributed by atoms with Crippen molar-refractivity contribution in [1.82, 2.24) is 24.5 Å². The van der Waals surface area contributed by atoms with Crippen LogP contribution < -0.4 is 5.73 Å². The van der Waals surface area contributed by atoms with Gasteiger partial charge in [0.1, 0.15) is 5.82 Å². The molecule has 2 N–H and O–H groups in total. The standard InChI is InChI=1S/C24H19ClN6O2/c25-20-14-17(3-4-19(20)24(32)30-9-11-33-12-10-30)21-6-8-31-23(29-21)18(15-28-31)2-1-16-5-7-27-22(26)13-16/h3-8,13-15H,9-12H2,(H2,26,27). The number of ether oxygens (including phenoxy) is 1. The molecule has 0 atom stereocenters. The Morgan fingerprint density at radius 2 is 1.97 bits per heavy atom. The zero-order chi connectivity index (χ0) is 22.8. The minimum absolute atomic E-state index is 0.0941. The molecule has 4 aromatic rings. The van der Waals surface area contributed by atoms with Gasteiger partial charge >= 0.3 is 0 Å². The van der Waals surface area contributed by atoms with Crippen LogP contribution in [-0.4, -0.2) is 56.7 Å². The van der Waals surface area contributed by atoms with Gasteiger partial charge in [0.25, 0.3) is 5.91 Å². The number of amides is 1. The maximum Gasteiger partial charge on any atom is 0.255 e. The van der Waals surface area contributed by atoms with E-state index >= 15 is 0 Å². The number of anilines is 1. The first-order valence-electron chi connectivity index (χ1n) is 10.3. The van der Waals surface area contributed by atoms with E-state index in [1.54, 1.807) is 46.1 Å². The summed E-state index contributed by atoms with van der Waals surface area (Å²) in [6.07, 6.45) is 5.09. The first kappa shape index (κ1) is 20.9. The highest BCUT2D eigenvalue weighted by Crippen LogP contribution is 2.26. The van der Waals surface area contributed by atoms with Crippen LogP contribution in [0.15, 0.2) is 55.0 Å². The summed E-state index contributed by atoms with van der Waals surface area (Å²) in [6.45, 7) is 2.20. The van der Waals surface area contributed by atoms with Gasteiger partial charge in [0.05, 0.1) is 41.3 Å². The van der Waals surface area contributed by atoms with Crippen LogP contribution in [0.3, 0.4) is 0 Å². The second-order valence-electron chi connectivity index (χ2n) is 7.46. The summed E-state index contributed by atoms with van der Waals surface area (Å²) in [5.74, 6) is 6.48. The maximum atomic E-state index is 12.8. The number of hydrogen-bond donors (Lipinski definition) is 1. The van der Waals surface area contributed by atoms with Crippen molar-refractivity contribution in [2.45, 2.75) is 0 Å². The number of nitrogens with zero attached hydrogens (tertiary/aromatic N) is 5. The second-order valence-corrected chi connectivity index (χ2v) is 7.86. The van der Waals surface area contributed by atoms with Gasteiger partial charge < -0.3 is 15.4 Å². The Bertz CT molecular complexity index is 1420. The number of pyridine rings is 1. The highest BCUT2D eigenvalue weighted by atomic mass is 35.5. The second kappa shape index (κ2) is 8.90. The summed E-state index contributed by atoms with van der Waals surface area (Å²) in [7, 11) is 0. The summed E-state index contributed by atoms with van der Waals surface area (Å²) in [5.41, 5.74) is 9.73. The van der Waals surface area contributed by atoms with Crippen LogP contribution in [0.25, 0.3) is 16.9 Å². The largest absolute Gasteiger partial charge is 0.384 e. The number of benzene rings is 1. The van der Waals surface area contributed by atoms with Gasteiger partial charge in [-0.15, -0.1) is 0 Å². The molecule has 3 aromatic heterocycles. The predicted molar refractivity (Wildman–Crippen MR) is 125 cm³/mol. The zero-order valence-electron chi connectivity index (χ0n) is 17.5. The fourth-order valence-corrected chi connectivity index (χ4v) is 3.83. The summed E-state index contributed by atoms with van der Waals surface area (Å²) in [6, 6.07) is 10.7. The van der Waals surface area contributed by atoms with Gasteiger partial charge in [0, 0.05) is 36.6 Å². The summed E-state index contributed by atoms with van der Waals surface area (Å²) in [5, 5.41) is 4.70. The number of nitrogen functional groups attached to an aromatic ring is 1. The van der Waals surface area contributed by atoms with E-state index in [4.69, 9.17) is 27.1 Å². The minimum Gasteiger partial charge on any atom is -0.384 e. The molecule has 1 saturated heterocycles. The van der Waals surface area contributed by atoms with E-state index in [1.807, 2.05) is 18.3 Å². The number of morpholine rings is 1. The molecule has 0 radical (unpaired) electrons. The van der Waals surface area contributed by atoms with Crippen LogP contribution in [0.5, 0.6) is 0 Å². The highest BCUT2D eigenvalue weighted by Gasteiger charge is 2.21. The van der Waals surface area contributed by atoms with Crippen LogP contribution in [0, 0.1) is 11.8 Å². The van der Waals surface area contributed by atoms with Crippen LogP contribution in [-0.2, 0) is 4.74 Å². The first-order valence-corrected chi connectivity index (χ1v) is 10.7. The molecule has 0 aliphatic carbocycles. The lowest BCUT2D eigenvalue weighted by Crippen LogP contribution is -2.40. The van der Waals surface area contributed by atoms with Gasteiger partial charge in [-0.3, -0.25) is 4.79 Å². The number of hydrogen-bond acceptors (Lipinski definition) is 6. The molecule has 0 saturated carbocycles. The van der Waals surface area contributed by atoms with Crippen LogP contribution in [0.2, 0.25) is 5.02 Å². The Hall–Kier alpha value is -3.93. The van der Waals surface area contributed by atoms with Gasteiger partial charge in [0.15, 0.2) is 5.65 Å². The van der Waals surface area contributed by atoms with E-state index in [0.717, 1.165) is 11.1 Å². The lowest BCUT2D eigenvalue weighted by atomic mass is 10.1. The lowest BCUT2D eigenvalue weighted by Gasteiger charge is -2.27. The number of fused-ring (bicyclic) bond motifs is 1. The van der Waals surface area contributed by atoms with Crippen molar-refractivity contribution in [3.63, 3.8) is 0 Å². The Morgan fingerprint density at radius 1 is 1.12 bits per heavy atom. The summed E-state index contributed by atoms with van der Waals surface area (Å²) < 4.78 is 6.98. The smallest absolute Gasteiger partial charge is 0.255 e. The number of carbonyl (C=O) groups is 1. The number of nitrogens with two attached hydrogens (primary N) is 1. The van der Waals surface area contributed by atoms with Gasteiger partial charge in [-0.2, -0.15) is 5.10 Å². The number of rotatable bonds is 2. The molecule has 33 heavy (non-hydrogen) atoms. The molecule has 0 unspecified atom stereocenters. The number of aromatic nitrogens is 4. The molecule has 4 heterocycles. The molecule has 164 valence electrons. The topological polar surface area (TPSA) is 98.6 Å². The van der Waals surface area contributed by atoms with E-state index < -0.39 is 0 Å². The Morgan fingerprint density at radius 3 is 2.76 bits per heavy atom. The van der Waals surface area contributed by atoms with E-state index in [1.165, 1.54) is 0 Å². The Labute approximate surface area is 195 Å². The van der Waals surface area contributed by atoms with E-state index in [9.17, 15) is 4.79 Å². The quantitative estimate of drug-likeness (QED) is 0.464. The van der Waals surface area contributed by atoms with Crippen molar-refractivity contribution in [1.29, 1.82) is 0 Å². The van der Waals surface area contributed by atoms with Crippen molar-refractivity contribution >= 4 is 29.0 Å². The van der Waals surface area contributed by atoms with E-state index in [-0.39, 0.29) is 5.91 Å². The summed E-state index contributed by atoms with van der Waals surface area (Å²) in [4.78, 5) is 23.2. The zero-order valence-corrected chi connectivity index (χ0v) is 18.3. The molecule has 8 nitrogen and oxygen atoms in total. The van der Waals surface area contributed by atoms with Gasteiger partial charge in [0.2, 0.25) is 0 Å². The van der Waals surface area contributed by atoms with E-state index in [0.29, 0.717) is 59.6 Å². The molecular formula is C24H19ClN6O2. The monoisotopic (exact) mass is 458 g/mol. The van der Waals surface area contributed by atoms with E-state index in [2.05, 4.69) is 21.9 Å². The van der Waals surface area contributed by atoms with Crippen molar-refractivity contribution < 1.29 is 9.53 Å². The third-order valence-corrected chi connectivity index (χ3v) is 5.60. The first-order chi connectivity index (χ1) is 16.1. The molecule has 0 spiro atoms. The van der Waals surface area contributed by atoms with Gasteiger partial charge in [-0.1, -0.05) is 29.5 Å². The molecule has 1 fully saturated rings. The molecule has 1 aliphatic heterocycles. The maximum absolute atomic E-state index is 12.8. The Balaban J connectivity index is 1.45. The third-order valence-electron chi connectivity index (χ3n) is 5.29. The van der Waals surface area contributed by atoms with Gasteiger partial charge in [-0.05, 0) is 30.3 Å². The molecule has 1 aromatic carbocycles. The van der Waals surface area contributed by atoms with Crippen LogP contribution in [0.4, 0.5) is 5.82 Å². The SMILES string of the molecule is Nc1cc(C#Cc2cnn3ccc(-c4ccc(C(=O)N5CCOCC5)c(Cl)c4)nc23)ccn1. The lowest BCUT2D eigenvalue weighted by molar-refractivity contribution is 0.0303. The normalized spacial score (nSPS) is 13.5. The fraction of sp³-hybridized carbons (Fsp3) is 0.167. The molecule has 5 rings (SSSR count). The Kier molecular flexibility index (Phi) is 5.65. The third kappa shape index (κ3) is 4.37. The van der Waals surface area contributed by atoms with Crippen molar-refractivity contribution in [2.75, 3.05) is 32.0 Å². The van der Waals surface area contributed by atoms with Crippen molar-refractivity contribution in [2.24, 2.45) is 0 Å². The van der Waals surface area contributed by atoms with Crippen LogP contribution in [0.1, 0.15) is 21.5 Å². The molecule has 0 bridgehead atoms. The summed E-state index contributed by atoms with van der Waals surface area (Å²) >= 11 is 6.49. The molecule has 1 amide bonds. The molecule has 1 aliphatic rings. The fourth-order valence-electron chi connectivity index (χ4n) is 3.57. The van der Waals surface area contributed by atoms with Crippen molar-refractivity contribution in [3.8, 4) is 23.1 Å². The predicted octanol–water partition coefficient (Wildman–Crippen LogP) is 2.90. The van der Waals surface area contributed by atoms with Crippen LogP contribution >= 0.6 is 11.6 Å². The van der Waals surface area contributed by atoms with Gasteiger partial charge in [-0.25, -0.2) is 14.5 Å². The minimum atomic E-state index is -0.0941.